The summed E-state index contributed by atoms with van der Waals surface area (Å²) < 4.78 is 26.3. The molecular formula is C19H16O2S. The summed E-state index contributed by atoms with van der Waals surface area (Å²) in [6, 6.07) is 27.3. The second-order valence-corrected chi connectivity index (χ2v) is 7.09. The summed E-state index contributed by atoms with van der Waals surface area (Å²) in [5, 5.41) is -0.697. The first-order valence-corrected chi connectivity index (χ1v) is 8.63. The van der Waals surface area contributed by atoms with E-state index in [0.29, 0.717) is 4.90 Å². The van der Waals surface area contributed by atoms with E-state index in [4.69, 9.17) is 0 Å². The number of rotatable bonds is 4. The van der Waals surface area contributed by atoms with E-state index < -0.39 is 15.1 Å². The fourth-order valence-electron chi connectivity index (χ4n) is 2.55. The lowest BCUT2D eigenvalue weighted by atomic mass is 10.0. The first-order chi connectivity index (χ1) is 10.7. The normalized spacial score (nSPS) is 11.5. The van der Waals surface area contributed by atoms with Gasteiger partial charge in [0.25, 0.3) is 0 Å². The molecule has 0 heterocycles. The fraction of sp³-hybridized carbons (Fsp3) is 0.0526. The smallest absolute Gasteiger partial charge is 0.189 e. The Hall–Kier alpha value is -2.39. The van der Waals surface area contributed by atoms with Crippen LogP contribution in [0.1, 0.15) is 16.4 Å². The van der Waals surface area contributed by atoms with Gasteiger partial charge >= 0.3 is 0 Å². The molecule has 110 valence electrons. The second-order valence-electron chi connectivity index (χ2n) is 5.06. The van der Waals surface area contributed by atoms with Crippen LogP contribution in [0.25, 0.3) is 0 Å². The highest BCUT2D eigenvalue weighted by atomic mass is 32.2. The van der Waals surface area contributed by atoms with E-state index in [2.05, 4.69) is 0 Å². The lowest BCUT2D eigenvalue weighted by Gasteiger charge is -2.19. The van der Waals surface area contributed by atoms with Crippen molar-refractivity contribution in [2.45, 2.75) is 10.1 Å². The number of sulfone groups is 1. The maximum Gasteiger partial charge on any atom is 0.189 e. The first-order valence-electron chi connectivity index (χ1n) is 7.08. The van der Waals surface area contributed by atoms with Gasteiger partial charge in [-0.1, -0.05) is 78.9 Å². The molecule has 0 saturated heterocycles. The van der Waals surface area contributed by atoms with Crippen LogP contribution in [0.2, 0.25) is 0 Å². The minimum atomic E-state index is -3.51. The van der Waals surface area contributed by atoms with E-state index in [1.54, 1.807) is 24.3 Å². The quantitative estimate of drug-likeness (QED) is 0.722. The van der Waals surface area contributed by atoms with E-state index in [9.17, 15) is 8.42 Å². The van der Waals surface area contributed by atoms with Crippen molar-refractivity contribution in [1.29, 1.82) is 0 Å². The molecule has 2 nitrogen and oxygen atoms in total. The Bertz CT molecular complexity index is 787. The lowest BCUT2D eigenvalue weighted by Crippen LogP contribution is -2.15. The summed E-state index contributed by atoms with van der Waals surface area (Å²) in [5.41, 5.74) is 1.55. The van der Waals surface area contributed by atoms with Crippen molar-refractivity contribution in [3.8, 4) is 0 Å². The zero-order chi connectivity index (χ0) is 15.4. The molecule has 0 spiro atoms. The maximum absolute atomic E-state index is 13.1. The van der Waals surface area contributed by atoms with Crippen molar-refractivity contribution in [1.82, 2.24) is 0 Å². The van der Waals surface area contributed by atoms with E-state index >= 15 is 0 Å². The molecule has 3 aromatic carbocycles. The molecule has 0 N–H and O–H groups in total. The van der Waals surface area contributed by atoms with Crippen molar-refractivity contribution in [3.63, 3.8) is 0 Å². The highest BCUT2D eigenvalue weighted by molar-refractivity contribution is 7.91. The molecule has 0 amide bonds. The average Bonchev–Trinajstić information content (AvgIpc) is 2.58. The summed E-state index contributed by atoms with van der Waals surface area (Å²) in [7, 11) is -3.51. The van der Waals surface area contributed by atoms with Crippen LogP contribution < -0.4 is 0 Å². The zero-order valence-electron chi connectivity index (χ0n) is 12.0. The van der Waals surface area contributed by atoms with Crippen LogP contribution in [0.3, 0.4) is 0 Å². The number of benzene rings is 3. The summed E-state index contributed by atoms with van der Waals surface area (Å²) in [6.45, 7) is 0. The number of hydrogen-bond donors (Lipinski definition) is 0. The van der Waals surface area contributed by atoms with E-state index in [1.807, 2.05) is 66.7 Å². The van der Waals surface area contributed by atoms with Crippen molar-refractivity contribution in [2.75, 3.05) is 0 Å². The van der Waals surface area contributed by atoms with Gasteiger partial charge in [-0.25, -0.2) is 8.42 Å². The van der Waals surface area contributed by atoms with Crippen molar-refractivity contribution in [2.24, 2.45) is 0 Å². The van der Waals surface area contributed by atoms with Gasteiger partial charge in [-0.15, -0.1) is 0 Å². The standard InChI is InChI=1S/C19H16O2S/c20-22(21,18-14-8-3-9-15-18)19(16-10-4-1-5-11-16)17-12-6-2-7-13-17/h1-15,19H. The molecular weight excluding hydrogens is 292 g/mol. The lowest BCUT2D eigenvalue weighted by molar-refractivity contribution is 0.589. The van der Waals surface area contributed by atoms with E-state index in [-0.39, 0.29) is 0 Å². The predicted molar refractivity (Wildman–Crippen MR) is 88.4 cm³/mol. The Labute approximate surface area is 131 Å². The molecule has 3 aromatic rings. The van der Waals surface area contributed by atoms with Crippen LogP contribution in [0, 0.1) is 0 Å². The third kappa shape index (κ3) is 2.81. The van der Waals surface area contributed by atoms with Gasteiger partial charge in [-0.3, -0.25) is 0 Å². The van der Waals surface area contributed by atoms with E-state index in [1.165, 1.54) is 0 Å². The highest BCUT2D eigenvalue weighted by Gasteiger charge is 2.30. The molecule has 3 heteroatoms. The monoisotopic (exact) mass is 308 g/mol. The van der Waals surface area contributed by atoms with Crippen LogP contribution in [0.15, 0.2) is 95.9 Å². The van der Waals surface area contributed by atoms with Gasteiger partial charge in [0.1, 0.15) is 5.25 Å². The maximum atomic E-state index is 13.1. The Kier molecular flexibility index (Phi) is 4.07. The van der Waals surface area contributed by atoms with Gasteiger partial charge in [-0.05, 0) is 23.3 Å². The van der Waals surface area contributed by atoms with Crippen LogP contribution in [-0.2, 0) is 9.84 Å². The molecule has 0 aliphatic carbocycles. The highest BCUT2D eigenvalue weighted by Crippen LogP contribution is 2.34. The average molecular weight is 308 g/mol. The summed E-state index contributed by atoms with van der Waals surface area (Å²) >= 11 is 0. The van der Waals surface area contributed by atoms with Gasteiger partial charge in [0.2, 0.25) is 0 Å². The predicted octanol–water partition coefficient (Wildman–Crippen LogP) is 4.25. The van der Waals surface area contributed by atoms with E-state index in [0.717, 1.165) is 11.1 Å². The van der Waals surface area contributed by atoms with Crippen LogP contribution in [0.5, 0.6) is 0 Å². The van der Waals surface area contributed by atoms with Crippen LogP contribution in [-0.4, -0.2) is 8.42 Å². The topological polar surface area (TPSA) is 34.1 Å². The summed E-state index contributed by atoms with van der Waals surface area (Å²) in [4.78, 5) is 0.340. The molecule has 0 aliphatic rings. The minimum Gasteiger partial charge on any atom is -0.223 e. The van der Waals surface area contributed by atoms with Crippen molar-refractivity contribution < 1.29 is 8.42 Å². The molecule has 0 unspecified atom stereocenters. The molecule has 0 atom stereocenters. The second kappa shape index (κ2) is 6.16. The van der Waals surface area contributed by atoms with Gasteiger partial charge in [-0.2, -0.15) is 0 Å². The minimum absolute atomic E-state index is 0.340. The Morgan fingerprint density at radius 3 is 1.32 bits per heavy atom. The Morgan fingerprint density at radius 1 is 0.545 bits per heavy atom. The molecule has 0 aromatic heterocycles. The third-order valence-corrected chi connectivity index (χ3v) is 5.68. The Balaban J connectivity index is 2.19. The van der Waals surface area contributed by atoms with Gasteiger partial charge in [0.15, 0.2) is 9.84 Å². The fourth-order valence-corrected chi connectivity index (χ4v) is 4.39. The Morgan fingerprint density at radius 2 is 0.909 bits per heavy atom. The van der Waals surface area contributed by atoms with Crippen molar-refractivity contribution >= 4 is 9.84 Å². The number of hydrogen-bond acceptors (Lipinski definition) is 2. The molecule has 22 heavy (non-hydrogen) atoms. The van der Waals surface area contributed by atoms with Crippen LogP contribution >= 0.6 is 0 Å². The van der Waals surface area contributed by atoms with Gasteiger partial charge in [0, 0.05) is 0 Å². The molecule has 0 radical (unpaired) electrons. The van der Waals surface area contributed by atoms with Crippen molar-refractivity contribution in [3.05, 3.63) is 102 Å². The van der Waals surface area contributed by atoms with Crippen LogP contribution in [0.4, 0.5) is 0 Å². The summed E-state index contributed by atoms with van der Waals surface area (Å²) in [5.74, 6) is 0. The van der Waals surface area contributed by atoms with Gasteiger partial charge < -0.3 is 0 Å². The first kappa shape index (κ1) is 14.5. The summed E-state index contributed by atoms with van der Waals surface area (Å²) in [6.07, 6.45) is 0. The molecule has 3 rings (SSSR count). The zero-order valence-corrected chi connectivity index (χ0v) is 12.8. The van der Waals surface area contributed by atoms with Gasteiger partial charge in [0.05, 0.1) is 4.90 Å². The SMILES string of the molecule is O=S(=O)(c1ccccc1)C(c1ccccc1)c1ccccc1. The molecule has 0 bridgehead atoms. The molecule has 0 fully saturated rings. The molecule has 0 aliphatic heterocycles. The molecule has 0 saturated carbocycles. The third-order valence-electron chi connectivity index (χ3n) is 3.59. The largest absolute Gasteiger partial charge is 0.223 e.